The van der Waals surface area contributed by atoms with Gasteiger partial charge in [0.2, 0.25) is 0 Å². The van der Waals surface area contributed by atoms with Gasteiger partial charge >= 0.3 is 0 Å². The average molecular weight is 491 g/mol. The molecule has 2 amide bonds. The summed E-state index contributed by atoms with van der Waals surface area (Å²) in [5.41, 5.74) is 5.99. The highest BCUT2D eigenvalue weighted by molar-refractivity contribution is 8.26. The van der Waals surface area contributed by atoms with Crippen LogP contribution in [0.3, 0.4) is 0 Å². The van der Waals surface area contributed by atoms with E-state index in [1.54, 1.807) is 49.6 Å². The summed E-state index contributed by atoms with van der Waals surface area (Å²) in [6, 6.07) is 22.2. The molecule has 0 aliphatic carbocycles. The van der Waals surface area contributed by atoms with E-state index in [1.807, 2.05) is 37.3 Å². The minimum absolute atomic E-state index is 0.255. The van der Waals surface area contributed by atoms with Crippen molar-refractivity contribution < 1.29 is 19.1 Å². The van der Waals surface area contributed by atoms with Crippen LogP contribution in [0.25, 0.3) is 6.08 Å². The second-order valence-corrected chi connectivity index (χ2v) is 9.19. The number of nitrogens with one attached hydrogen (secondary N) is 1. The molecule has 1 saturated heterocycles. The first kappa shape index (κ1) is 23.5. The first-order chi connectivity index (χ1) is 16.4. The normalized spacial score (nSPS) is 14.4. The maximum Gasteiger partial charge on any atom is 0.285 e. The minimum Gasteiger partial charge on any atom is -0.493 e. The number of carbonyl (C=O) groups is 2. The maximum atomic E-state index is 12.9. The quantitative estimate of drug-likeness (QED) is 0.366. The number of hydrazine groups is 1. The molecule has 1 N–H and O–H groups in total. The number of hydrogen-bond acceptors (Lipinski definition) is 6. The van der Waals surface area contributed by atoms with E-state index < -0.39 is 11.8 Å². The van der Waals surface area contributed by atoms with Crippen LogP contribution >= 0.6 is 24.0 Å². The highest BCUT2D eigenvalue weighted by Gasteiger charge is 2.33. The zero-order valence-electron chi connectivity index (χ0n) is 18.6. The molecule has 172 valence electrons. The van der Waals surface area contributed by atoms with Gasteiger partial charge in [0.1, 0.15) is 6.61 Å². The summed E-state index contributed by atoms with van der Waals surface area (Å²) in [6.07, 6.45) is 1.71. The monoisotopic (exact) mass is 490 g/mol. The van der Waals surface area contributed by atoms with Gasteiger partial charge in [-0.2, -0.15) is 5.01 Å². The molecule has 34 heavy (non-hydrogen) atoms. The number of carbonyl (C=O) groups excluding carboxylic acids is 2. The average Bonchev–Trinajstić information content (AvgIpc) is 3.11. The Bertz CT molecular complexity index is 1270. The van der Waals surface area contributed by atoms with Gasteiger partial charge in [0.15, 0.2) is 15.8 Å². The van der Waals surface area contributed by atoms with Crippen molar-refractivity contribution in [3.8, 4) is 11.5 Å². The molecule has 1 heterocycles. The molecule has 0 atom stereocenters. The first-order valence-corrected chi connectivity index (χ1v) is 11.7. The molecule has 0 unspecified atom stereocenters. The number of benzene rings is 3. The van der Waals surface area contributed by atoms with E-state index in [9.17, 15) is 9.59 Å². The number of nitrogens with zero attached hydrogens (tertiary/aromatic N) is 1. The number of thiocarbonyl (C=S) groups is 1. The van der Waals surface area contributed by atoms with Crippen molar-refractivity contribution in [3.63, 3.8) is 0 Å². The van der Waals surface area contributed by atoms with Gasteiger partial charge in [-0.25, -0.2) is 0 Å². The summed E-state index contributed by atoms with van der Waals surface area (Å²) >= 11 is 6.43. The van der Waals surface area contributed by atoms with Gasteiger partial charge in [0.25, 0.3) is 11.8 Å². The summed E-state index contributed by atoms with van der Waals surface area (Å²) in [6.45, 7) is 2.45. The van der Waals surface area contributed by atoms with E-state index in [2.05, 4.69) is 11.5 Å². The van der Waals surface area contributed by atoms with E-state index in [1.165, 1.54) is 5.56 Å². The Kier molecular flexibility index (Phi) is 7.30. The summed E-state index contributed by atoms with van der Waals surface area (Å²) in [7, 11) is 1.57. The largest absolute Gasteiger partial charge is 0.493 e. The van der Waals surface area contributed by atoms with Crippen LogP contribution in [0, 0.1) is 6.92 Å². The number of methoxy groups -OCH3 is 1. The molecule has 0 radical (unpaired) electrons. The van der Waals surface area contributed by atoms with E-state index in [4.69, 9.17) is 21.7 Å². The Hall–Kier alpha value is -3.62. The van der Waals surface area contributed by atoms with Crippen LogP contribution in [0.2, 0.25) is 0 Å². The molecule has 3 aromatic carbocycles. The van der Waals surface area contributed by atoms with Crippen LogP contribution < -0.4 is 14.9 Å². The van der Waals surface area contributed by atoms with Gasteiger partial charge in [-0.3, -0.25) is 15.0 Å². The van der Waals surface area contributed by atoms with Crippen molar-refractivity contribution in [1.29, 1.82) is 0 Å². The van der Waals surface area contributed by atoms with Crippen LogP contribution in [-0.4, -0.2) is 28.3 Å². The predicted octanol–water partition coefficient (Wildman–Crippen LogP) is 5.13. The molecule has 0 saturated carbocycles. The number of aryl methyl sites for hydroxylation is 1. The Morgan fingerprint density at radius 3 is 2.59 bits per heavy atom. The summed E-state index contributed by atoms with van der Waals surface area (Å²) in [5.74, 6) is 0.353. The lowest BCUT2D eigenvalue weighted by molar-refractivity contribution is -0.123. The first-order valence-electron chi connectivity index (χ1n) is 10.4. The van der Waals surface area contributed by atoms with Gasteiger partial charge < -0.3 is 9.47 Å². The van der Waals surface area contributed by atoms with Crippen molar-refractivity contribution in [3.05, 3.63) is 100.0 Å². The van der Waals surface area contributed by atoms with E-state index in [0.717, 1.165) is 27.9 Å². The fourth-order valence-corrected chi connectivity index (χ4v) is 4.51. The van der Waals surface area contributed by atoms with Crippen molar-refractivity contribution in [2.24, 2.45) is 0 Å². The van der Waals surface area contributed by atoms with Crippen LogP contribution in [0.15, 0.2) is 77.7 Å². The molecule has 4 rings (SSSR count). The van der Waals surface area contributed by atoms with E-state index >= 15 is 0 Å². The molecular formula is C26H22N2O4S2. The Morgan fingerprint density at radius 1 is 1.06 bits per heavy atom. The van der Waals surface area contributed by atoms with Crippen LogP contribution in [-0.2, 0) is 11.4 Å². The number of thioether (sulfide) groups is 1. The van der Waals surface area contributed by atoms with Crippen LogP contribution in [0.1, 0.15) is 27.0 Å². The number of ether oxygens (including phenoxy) is 2. The van der Waals surface area contributed by atoms with Gasteiger partial charge in [-0.15, -0.1) is 0 Å². The molecule has 1 aliphatic rings. The maximum absolute atomic E-state index is 12.9. The summed E-state index contributed by atoms with van der Waals surface area (Å²) in [4.78, 5) is 25.7. The lowest BCUT2D eigenvalue weighted by Crippen LogP contribution is -2.44. The minimum atomic E-state index is -0.407. The van der Waals surface area contributed by atoms with Crippen molar-refractivity contribution in [2.45, 2.75) is 13.5 Å². The standard InChI is InChI=1S/C26H22N2O4S2/c1-17-7-6-8-19(13-17)16-32-21-12-11-18(14-22(21)31-2)15-23-25(30)28(26(33)34-23)27-24(29)20-9-4-3-5-10-20/h3-15H,16H2,1-2H3,(H,27,29). The van der Waals surface area contributed by atoms with Gasteiger partial charge in [-0.1, -0.05) is 65.9 Å². The molecule has 8 heteroatoms. The molecule has 1 fully saturated rings. The third-order valence-corrected chi connectivity index (χ3v) is 6.31. The van der Waals surface area contributed by atoms with E-state index in [0.29, 0.717) is 28.6 Å². The molecule has 0 bridgehead atoms. The van der Waals surface area contributed by atoms with Crippen LogP contribution in [0.5, 0.6) is 11.5 Å². The number of amides is 2. The zero-order chi connectivity index (χ0) is 24.1. The second-order valence-electron chi connectivity index (χ2n) is 7.51. The zero-order valence-corrected chi connectivity index (χ0v) is 20.2. The van der Waals surface area contributed by atoms with Gasteiger partial charge in [-0.05, 0) is 60.6 Å². The Morgan fingerprint density at radius 2 is 1.85 bits per heavy atom. The summed E-state index contributed by atoms with van der Waals surface area (Å²) in [5, 5.41) is 1.09. The fraction of sp³-hybridized carbons (Fsp3) is 0.115. The molecule has 0 aromatic heterocycles. The molecule has 0 spiro atoms. The smallest absolute Gasteiger partial charge is 0.285 e. The van der Waals surface area contributed by atoms with Gasteiger partial charge in [0, 0.05) is 5.56 Å². The SMILES string of the molecule is COc1cc(C=C2SC(=S)N(NC(=O)c3ccccc3)C2=O)ccc1OCc1cccc(C)c1. The van der Waals surface area contributed by atoms with Gasteiger partial charge in [0.05, 0.1) is 12.0 Å². The van der Waals surface area contributed by atoms with Crippen molar-refractivity contribution >= 4 is 46.2 Å². The highest BCUT2D eigenvalue weighted by Crippen LogP contribution is 2.34. The van der Waals surface area contributed by atoms with Crippen molar-refractivity contribution in [2.75, 3.05) is 7.11 Å². The molecule has 6 nitrogen and oxygen atoms in total. The Balaban J connectivity index is 1.47. The topological polar surface area (TPSA) is 67.9 Å². The van der Waals surface area contributed by atoms with Crippen LogP contribution in [0.4, 0.5) is 0 Å². The second kappa shape index (κ2) is 10.5. The predicted molar refractivity (Wildman–Crippen MR) is 137 cm³/mol. The lowest BCUT2D eigenvalue weighted by Gasteiger charge is -2.15. The summed E-state index contributed by atoms with van der Waals surface area (Å²) < 4.78 is 11.7. The molecular weight excluding hydrogens is 468 g/mol. The third kappa shape index (κ3) is 5.47. The molecule has 3 aromatic rings. The van der Waals surface area contributed by atoms with E-state index in [-0.39, 0.29) is 4.32 Å². The lowest BCUT2D eigenvalue weighted by atomic mass is 10.1. The number of hydrogen-bond donors (Lipinski definition) is 1. The molecule has 1 aliphatic heterocycles. The third-order valence-electron chi connectivity index (χ3n) is 5.01. The highest BCUT2D eigenvalue weighted by atomic mass is 32.2. The number of rotatable bonds is 7. The van der Waals surface area contributed by atoms with Crippen molar-refractivity contribution in [1.82, 2.24) is 10.4 Å². The Labute approximate surface area is 207 Å². The fourth-order valence-electron chi connectivity index (χ4n) is 3.33.